The lowest BCUT2D eigenvalue weighted by Gasteiger charge is -2.07. The van der Waals surface area contributed by atoms with Gasteiger partial charge in [-0.05, 0) is 25.5 Å². The lowest BCUT2D eigenvalue weighted by Crippen LogP contribution is -2.30. The van der Waals surface area contributed by atoms with Crippen LogP contribution >= 0.6 is 0 Å². The maximum atomic E-state index is 12.2. The van der Waals surface area contributed by atoms with Crippen LogP contribution in [0.3, 0.4) is 0 Å². The highest BCUT2D eigenvalue weighted by Gasteiger charge is 2.20. The zero-order valence-electron chi connectivity index (χ0n) is 12.0. The van der Waals surface area contributed by atoms with Gasteiger partial charge in [0, 0.05) is 24.6 Å². The van der Waals surface area contributed by atoms with Crippen molar-refractivity contribution in [1.29, 1.82) is 0 Å². The molecule has 2 aromatic rings. The molecular formula is C16H18N2O3. The van der Waals surface area contributed by atoms with Gasteiger partial charge in [0.1, 0.15) is 5.76 Å². The van der Waals surface area contributed by atoms with Crippen LogP contribution in [0.2, 0.25) is 0 Å². The van der Waals surface area contributed by atoms with E-state index in [1.54, 1.807) is 6.92 Å². The molecule has 0 aliphatic carbocycles. The molecule has 1 unspecified atom stereocenters. The molecule has 110 valence electrons. The third-order valence-electron chi connectivity index (χ3n) is 3.61. The SMILES string of the molecule is Cc1oc(-c2ccccc2)nc1C(=O)NCC1CCOC1. The Balaban J connectivity index is 1.70. The van der Waals surface area contributed by atoms with Gasteiger partial charge in [0.25, 0.3) is 5.91 Å². The number of carbonyl (C=O) groups excluding carboxylic acids is 1. The maximum Gasteiger partial charge on any atom is 0.273 e. The third kappa shape index (κ3) is 3.13. The van der Waals surface area contributed by atoms with E-state index in [2.05, 4.69) is 10.3 Å². The fraction of sp³-hybridized carbons (Fsp3) is 0.375. The molecule has 1 fully saturated rings. The molecule has 1 aliphatic rings. The summed E-state index contributed by atoms with van der Waals surface area (Å²) in [6.45, 7) is 3.87. The number of nitrogens with zero attached hydrogens (tertiary/aromatic N) is 1. The molecule has 5 nitrogen and oxygen atoms in total. The van der Waals surface area contributed by atoms with E-state index in [9.17, 15) is 4.79 Å². The number of carbonyl (C=O) groups is 1. The summed E-state index contributed by atoms with van der Waals surface area (Å²) in [6.07, 6.45) is 0.993. The molecule has 5 heteroatoms. The molecule has 0 radical (unpaired) electrons. The Labute approximate surface area is 123 Å². The first-order valence-electron chi connectivity index (χ1n) is 7.13. The molecule has 2 heterocycles. The van der Waals surface area contributed by atoms with Gasteiger partial charge in [-0.2, -0.15) is 0 Å². The average molecular weight is 286 g/mol. The molecule has 1 N–H and O–H groups in total. The first-order chi connectivity index (χ1) is 10.2. The second-order valence-electron chi connectivity index (χ2n) is 5.23. The first-order valence-corrected chi connectivity index (χ1v) is 7.13. The number of rotatable bonds is 4. The van der Waals surface area contributed by atoms with Crippen LogP contribution in [0, 0.1) is 12.8 Å². The van der Waals surface area contributed by atoms with Crippen LogP contribution in [0.4, 0.5) is 0 Å². The Morgan fingerprint density at radius 1 is 1.38 bits per heavy atom. The van der Waals surface area contributed by atoms with Gasteiger partial charge in [-0.15, -0.1) is 0 Å². The average Bonchev–Trinajstić information content (AvgIpc) is 3.15. The molecule has 0 bridgehead atoms. The van der Waals surface area contributed by atoms with E-state index in [0.29, 0.717) is 36.4 Å². The van der Waals surface area contributed by atoms with Gasteiger partial charge in [-0.1, -0.05) is 18.2 Å². The van der Waals surface area contributed by atoms with E-state index in [-0.39, 0.29) is 5.91 Å². The van der Waals surface area contributed by atoms with Gasteiger partial charge >= 0.3 is 0 Å². The van der Waals surface area contributed by atoms with E-state index in [1.165, 1.54) is 0 Å². The molecule has 1 aliphatic heterocycles. The first kappa shape index (κ1) is 13.8. The van der Waals surface area contributed by atoms with Gasteiger partial charge in [-0.25, -0.2) is 4.98 Å². The lowest BCUT2D eigenvalue weighted by atomic mass is 10.1. The quantitative estimate of drug-likeness (QED) is 0.937. The summed E-state index contributed by atoms with van der Waals surface area (Å²) in [5.41, 5.74) is 1.22. The van der Waals surface area contributed by atoms with E-state index in [4.69, 9.17) is 9.15 Å². The summed E-state index contributed by atoms with van der Waals surface area (Å²) < 4.78 is 10.9. The van der Waals surface area contributed by atoms with Crippen LogP contribution in [-0.2, 0) is 4.74 Å². The van der Waals surface area contributed by atoms with Crippen LogP contribution in [0.1, 0.15) is 22.7 Å². The molecule has 1 aromatic heterocycles. The second-order valence-corrected chi connectivity index (χ2v) is 5.23. The van der Waals surface area contributed by atoms with E-state index in [0.717, 1.165) is 18.6 Å². The smallest absolute Gasteiger partial charge is 0.273 e. The van der Waals surface area contributed by atoms with Crippen molar-refractivity contribution in [3.05, 3.63) is 41.8 Å². The highest BCUT2D eigenvalue weighted by molar-refractivity contribution is 5.93. The summed E-state index contributed by atoms with van der Waals surface area (Å²) >= 11 is 0. The lowest BCUT2D eigenvalue weighted by molar-refractivity contribution is 0.0939. The molecule has 1 atom stereocenters. The van der Waals surface area contributed by atoms with Crippen LogP contribution < -0.4 is 5.32 Å². The summed E-state index contributed by atoms with van der Waals surface area (Å²) in [5, 5.41) is 2.91. The monoisotopic (exact) mass is 286 g/mol. The van der Waals surface area contributed by atoms with Crippen molar-refractivity contribution in [2.45, 2.75) is 13.3 Å². The number of aromatic nitrogens is 1. The molecule has 1 saturated heterocycles. The molecule has 0 spiro atoms. The van der Waals surface area contributed by atoms with Crippen molar-refractivity contribution >= 4 is 5.91 Å². The van der Waals surface area contributed by atoms with Gasteiger partial charge < -0.3 is 14.5 Å². The normalized spacial score (nSPS) is 17.9. The molecule has 3 rings (SSSR count). The fourth-order valence-corrected chi connectivity index (χ4v) is 2.38. The largest absolute Gasteiger partial charge is 0.441 e. The van der Waals surface area contributed by atoms with Crippen molar-refractivity contribution < 1.29 is 13.9 Å². The summed E-state index contributed by atoms with van der Waals surface area (Å²) in [6, 6.07) is 9.56. The molecular weight excluding hydrogens is 268 g/mol. The van der Waals surface area contributed by atoms with E-state index in [1.807, 2.05) is 30.3 Å². The van der Waals surface area contributed by atoms with Crippen LogP contribution in [0.25, 0.3) is 11.5 Å². The van der Waals surface area contributed by atoms with Crippen molar-refractivity contribution in [3.8, 4) is 11.5 Å². The van der Waals surface area contributed by atoms with Gasteiger partial charge in [0.05, 0.1) is 6.61 Å². The van der Waals surface area contributed by atoms with Crippen LogP contribution in [0.5, 0.6) is 0 Å². The predicted molar refractivity (Wildman–Crippen MR) is 77.9 cm³/mol. The maximum absolute atomic E-state index is 12.2. The number of ether oxygens (including phenoxy) is 1. The second kappa shape index (κ2) is 6.10. The van der Waals surface area contributed by atoms with E-state index >= 15 is 0 Å². The Morgan fingerprint density at radius 2 is 2.19 bits per heavy atom. The van der Waals surface area contributed by atoms with Gasteiger partial charge in [-0.3, -0.25) is 4.79 Å². The zero-order chi connectivity index (χ0) is 14.7. The van der Waals surface area contributed by atoms with Crippen LogP contribution in [0.15, 0.2) is 34.7 Å². The van der Waals surface area contributed by atoms with Crippen molar-refractivity contribution in [2.75, 3.05) is 19.8 Å². The molecule has 21 heavy (non-hydrogen) atoms. The topological polar surface area (TPSA) is 64.4 Å². The molecule has 1 amide bonds. The number of amides is 1. The number of aryl methyl sites for hydroxylation is 1. The Morgan fingerprint density at radius 3 is 2.90 bits per heavy atom. The minimum absolute atomic E-state index is 0.190. The van der Waals surface area contributed by atoms with Gasteiger partial charge in [0.15, 0.2) is 5.69 Å². The molecule has 1 aromatic carbocycles. The summed E-state index contributed by atoms with van der Waals surface area (Å²) in [5.74, 6) is 1.22. The van der Waals surface area contributed by atoms with E-state index < -0.39 is 0 Å². The fourth-order valence-electron chi connectivity index (χ4n) is 2.38. The highest BCUT2D eigenvalue weighted by atomic mass is 16.5. The highest BCUT2D eigenvalue weighted by Crippen LogP contribution is 2.21. The standard InChI is InChI=1S/C16H18N2O3/c1-11-14(15(19)17-9-12-7-8-20-10-12)18-16(21-11)13-5-3-2-4-6-13/h2-6,12H,7-10H2,1H3,(H,17,19). The van der Waals surface area contributed by atoms with Crippen molar-refractivity contribution in [1.82, 2.24) is 10.3 Å². The summed E-state index contributed by atoms with van der Waals surface area (Å²) in [4.78, 5) is 16.5. The summed E-state index contributed by atoms with van der Waals surface area (Å²) in [7, 11) is 0. The van der Waals surface area contributed by atoms with Crippen molar-refractivity contribution in [2.24, 2.45) is 5.92 Å². The zero-order valence-corrected chi connectivity index (χ0v) is 12.0. The number of benzene rings is 1. The third-order valence-corrected chi connectivity index (χ3v) is 3.61. The number of hydrogen-bond acceptors (Lipinski definition) is 4. The minimum Gasteiger partial charge on any atom is -0.441 e. The number of hydrogen-bond donors (Lipinski definition) is 1. The van der Waals surface area contributed by atoms with Gasteiger partial charge in [0.2, 0.25) is 5.89 Å². The number of nitrogens with one attached hydrogen (secondary N) is 1. The molecule has 0 saturated carbocycles. The minimum atomic E-state index is -0.190. The predicted octanol–water partition coefficient (Wildman–Crippen LogP) is 2.42. The van der Waals surface area contributed by atoms with Crippen molar-refractivity contribution in [3.63, 3.8) is 0 Å². The van der Waals surface area contributed by atoms with Crippen LogP contribution in [-0.4, -0.2) is 30.6 Å². The Hall–Kier alpha value is -2.14. The number of oxazole rings is 1. The Bertz CT molecular complexity index is 616. The Kier molecular flexibility index (Phi) is 4.01.